The van der Waals surface area contributed by atoms with E-state index in [4.69, 9.17) is 18.9 Å². The molecule has 4 aromatic rings. The molecule has 2 atom stereocenters. The van der Waals surface area contributed by atoms with Gasteiger partial charge in [0.15, 0.2) is 46.0 Å². The molecule has 9 heteroatoms. The van der Waals surface area contributed by atoms with Gasteiger partial charge in [0.05, 0.1) is 0 Å². The first-order valence-corrected chi connectivity index (χ1v) is 9.66. The van der Waals surface area contributed by atoms with E-state index in [2.05, 4.69) is 15.3 Å². The van der Waals surface area contributed by atoms with E-state index in [1.54, 1.807) is 4.52 Å². The molecule has 2 aliphatic rings. The Morgan fingerprint density at radius 3 is 2.11 bits per heavy atom. The smallest absolute Gasteiger partial charge is 0.234 e. The SMILES string of the molecule is c1ccc2c(c1)OC[C@@H](c1nnc3sc([C@H]4COc5ccccc5O4)nn13)O2. The van der Waals surface area contributed by atoms with Crippen molar-refractivity contribution in [2.45, 2.75) is 12.2 Å². The lowest BCUT2D eigenvalue weighted by Gasteiger charge is -2.25. The Hall–Kier alpha value is -3.33. The number of ether oxygens (including phenoxy) is 4. The lowest BCUT2D eigenvalue weighted by atomic mass is 10.2. The first kappa shape index (κ1) is 15.7. The lowest BCUT2D eigenvalue weighted by molar-refractivity contribution is 0.0821. The Morgan fingerprint density at radius 2 is 1.39 bits per heavy atom. The molecular weight excluding hydrogens is 380 g/mol. The van der Waals surface area contributed by atoms with E-state index < -0.39 is 0 Å². The molecule has 0 amide bonds. The van der Waals surface area contributed by atoms with E-state index in [1.165, 1.54) is 11.3 Å². The average Bonchev–Trinajstić information content (AvgIpc) is 3.34. The topological polar surface area (TPSA) is 80.0 Å². The first-order chi connectivity index (χ1) is 13.8. The molecule has 0 spiro atoms. The highest BCUT2D eigenvalue weighted by Gasteiger charge is 2.31. The number of hydrogen-bond donors (Lipinski definition) is 0. The molecular formula is C19H14N4O4S. The van der Waals surface area contributed by atoms with Gasteiger partial charge in [-0.1, -0.05) is 35.6 Å². The molecule has 2 aliphatic heterocycles. The number of nitrogens with zero attached hydrogens (tertiary/aromatic N) is 4. The summed E-state index contributed by atoms with van der Waals surface area (Å²) in [6, 6.07) is 15.2. The van der Waals surface area contributed by atoms with Crippen LogP contribution >= 0.6 is 11.3 Å². The van der Waals surface area contributed by atoms with Crippen molar-refractivity contribution in [1.82, 2.24) is 19.8 Å². The second-order valence-electron chi connectivity index (χ2n) is 6.42. The molecule has 0 N–H and O–H groups in total. The van der Waals surface area contributed by atoms with Crippen molar-refractivity contribution in [3.63, 3.8) is 0 Å². The quantitative estimate of drug-likeness (QED) is 0.516. The molecule has 2 aromatic heterocycles. The fourth-order valence-corrected chi connectivity index (χ4v) is 4.13. The highest BCUT2D eigenvalue weighted by molar-refractivity contribution is 7.16. The Kier molecular flexibility index (Phi) is 3.42. The Morgan fingerprint density at radius 1 is 0.786 bits per heavy atom. The van der Waals surface area contributed by atoms with E-state index in [-0.39, 0.29) is 12.2 Å². The summed E-state index contributed by atoms with van der Waals surface area (Å²) < 4.78 is 25.4. The molecule has 0 bridgehead atoms. The van der Waals surface area contributed by atoms with Gasteiger partial charge >= 0.3 is 0 Å². The van der Waals surface area contributed by atoms with Gasteiger partial charge in [-0.05, 0) is 24.3 Å². The molecule has 140 valence electrons. The highest BCUT2D eigenvalue weighted by atomic mass is 32.1. The number of rotatable bonds is 2. The van der Waals surface area contributed by atoms with E-state index in [0.717, 1.165) is 16.5 Å². The maximum absolute atomic E-state index is 6.05. The maximum Gasteiger partial charge on any atom is 0.234 e. The molecule has 0 saturated carbocycles. The van der Waals surface area contributed by atoms with Crippen molar-refractivity contribution in [2.24, 2.45) is 0 Å². The molecule has 4 heterocycles. The molecule has 28 heavy (non-hydrogen) atoms. The Balaban J connectivity index is 1.30. The van der Waals surface area contributed by atoms with Crippen LogP contribution in [0.25, 0.3) is 4.96 Å². The molecule has 0 radical (unpaired) electrons. The summed E-state index contributed by atoms with van der Waals surface area (Å²) in [7, 11) is 0. The van der Waals surface area contributed by atoms with E-state index in [9.17, 15) is 0 Å². The van der Waals surface area contributed by atoms with E-state index in [0.29, 0.717) is 35.5 Å². The van der Waals surface area contributed by atoms with Crippen LogP contribution in [-0.2, 0) is 0 Å². The summed E-state index contributed by atoms with van der Waals surface area (Å²) in [5, 5.41) is 14.0. The summed E-state index contributed by atoms with van der Waals surface area (Å²) in [4.78, 5) is 0.676. The number of para-hydroxylation sites is 4. The molecule has 2 aromatic carbocycles. The Bertz CT molecular complexity index is 1170. The molecule has 8 nitrogen and oxygen atoms in total. The van der Waals surface area contributed by atoms with Gasteiger partial charge in [-0.3, -0.25) is 0 Å². The molecule has 0 unspecified atom stereocenters. The van der Waals surface area contributed by atoms with Gasteiger partial charge < -0.3 is 18.9 Å². The highest BCUT2D eigenvalue weighted by Crippen LogP contribution is 2.38. The number of aromatic nitrogens is 4. The van der Waals surface area contributed by atoms with Crippen molar-refractivity contribution in [1.29, 1.82) is 0 Å². The Labute approximate surface area is 163 Å². The van der Waals surface area contributed by atoms with Crippen LogP contribution in [0.2, 0.25) is 0 Å². The fraction of sp³-hybridized carbons (Fsp3) is 0.211. The standard InChI is InChI=1S/C19H14N4O4S/c1-3-7-13-11(5-1)24-9-15(26-13)17-20-21-19-23(17)22-18(28-19)16-10-25-12-6-2-4-8-14(12)27-16/h1-8,15-16H,9-10H2/t15-,16+/m0/s1. The minimum atomic E-state index is -0.385. The molecule has 6 rings (SSSR count). The van der Waals surface area contributed by atoms with Crippen LogP contribution in [0.15, 0.2) is 48.5 Å². The van der Waals surface area contributed by atoms with Gasteiger partial charge in [0.25, 0.3) is 0 Å². The summed E-state index contributed by atoms with van der Waals surface area (Å²) in [6.07, 6.45) is -0.678. The fourth-order valence-electron chi connectivity index (χ4n) is 3.27. The maximum atomic E-state index is 6.05. The third-order valence-corrected chi connectivity index (χ3v) is 5.60. The molecule has 0 aliphatic carbocycles. The van der Waals surface area contributed by atoms with Crippen LogP contribution in [0.4, 0.5) is 0 Å². The average molecular weight is 394 g/mol. The van der Waals surface area contributed by atoms with Gasteiger partial charge in [0.2, 0.25) is 4.96 Å². The van der Waals surface area contributed by atoms with Crippen molar-refractivity contribution < 1.29 is 18.9 Å². The van der Waals surface area contributed by atoms with Gasteiger partial charge in [0.1, 0.15) is 13.2 Å². The summed E-state index contributed by atoms with van der Waals surface area (Å²) >= 11 is 1.43. The van der Waals surface area contributed by atoms with Crippen LogP contribution in [0, 0.1) is 0 Å². The zero-order valence-corrected chi connectivity index (χ0v) is 15.3. The normalized spacial score (nSPS) is 20.3. The van der Waals surface area contributed by atoms with Crippen LogP contribution < -0.4 is 18.9 Å². The largest absolute Gasteiger partial charge is 0.485 e. The van der Waals surface area contributed by atoms with Crippen LogP contribution in [-0.4, -0.2) is 33.0 Å². The van der Waals surface area contributed by atoms with Crippen LogP contribution in [0.3, 0.4) is 0 Å². The van der Waals surface area contributed by atoms with Gasteiger partial charge in [-0.25, -0.2) is 0 Å². The zero-order chi connectivity index (χ0) is 18.5. The first-order valence-electron chi connectivity index (χ1n) is 8.84. The summed E-state index contributed by atoms with van der Waals surface area (Å²) in [6.45, 7) is 0.744. The zero-order valence-electron chi connectivity index (χ0n) is 14.5. The summed E-state index contributed by atoms with van der Waals surface area (Å²) in [5.74, 6) is 3.47. The monoisotopic (exact) mass is 394 g/mol. The molecule has 0 saturated heterocycles. The molecule has 0 fully saturated rings. The van der Waals surface area contributed by atoms with Gasteiger partial charge in [-0.2, -0.15) is 9.61 Å². The predicted octanol–water partition coefficient (Wildman–Crippen LogP) is 3.21. The number of hydrogen-bond acceptors (Lipinski definition) is 8. The third kappa shape index (κ3) is 2.47. The lowest BCUT2D eigenvalue weighted by Crippen LogP contribution is -2.24. The van der Waals surface area contributed by atoms with Crippen LogP contribution in [0.5, 0.6) is 23.0 Å². The third-order valence-electron chi connectivity index (χ3n) is 4.61. The van der Waals surface area contributed by atoms with Crippen molar-refractivity contribution in [3.05, 3.63) is 59.4 Å². The number of fused-ring (bicyclic) bond motifs is 3. The van der Waals surface area contributed by atoms with Crippen molar-refractivity contribution in [3.8, 4) is 23.0 Å². The van der Waals surface area contributed by atoms with Crippen LogP contribution in [0.1, 0.15) is 23.0 Å². The van der Waals surface area contributed by atoms with Crippen molar-refractivity contribution in [2.75, 3.05) is 13.2 Å². The predicted molar refractivity (Wildman–Crippen MR) is 99.3 cm³/mol. The van der Waals surface area contributed by atoms with E-state index >= 15 is 0 Å². The van der Waals surface area contributed by atoms with Gasteiger partial charge in [-0.15, -0.1) is 10.2 Å². The second-order valence-corrected chi connectivity index (χ2v) is 7.41. The minimum absolute atomic E-state index is 0.293. The minimum Gasteiger partial charge on any atom is -0.485 e. The van der Waals surface area contributed by atoms with E-state index in [1.807, 2.05) is 48.5 Å². The number of benzene rings is 2. The van der Waals surface area contributed by atoms with Gasteiger partial charge in [0, 0.05) is 0 Å². The second kappa shape index (κ2) is 6.10. The summed E-state index contributed by atoms with van der Waals surface area (Å²) in [5.41, 5.74) is 0. The van der Waals surface area contributed by atoms with Crippen molar-refractivity contribution >= 4 is 16.3 Å².